The van der Waals surface area contributed by atoms with Crippen LogP contribution in [0.4, 0.5) is 0 Å². The second-order valence-corrected chi connectivity index (χ2v) is 4.51. The molecule has 2 aromatic rings. The predicted octanol–water partition coefficient (Wildman–Crippen LogP) is 3.46. The number of rotatable bonds is 7. The fourth-order valence-corrected chi connectivity index (χ4v) is 2.00. The third-order valence-electron chi connectivity index (χ3n) is 3.12. The minimum absolute atomic E-state index is 0.667. The second-order valence-electron chi connectivity index (χ2n) is 4.51. The van der Waals surface area contributed by atoms with E-state index in [-0.39, 0.29) is 0 Å². The molecular formula is C16H18N2O. The van der Waals surface area contributed by atoms with E-state index in [2.05, 4.69) is 29.6 Å². The first-order valence-corrected chi connectivity index (χ1v) is 6.54. The quantitative estimate of drug-likeness (QED) is 0.560. The Bertz CT molecular complexity index is 441. The van der Waals surface area contributed by atoms with Gasteiger partial charge in [0.05, 0.1) is 5.29 Å². The zero-order valence-corrected chi connectivity index (χ0v) is 10.9. The second kappa shape index (κ2) is 7.31. The van der Waals surface area contributed by atoms with Crippen LogP contribution in [-0.2, 0) is 12.8 Å². The van der Waals surface area contributed by atoms with Crippen molar-refractivity contribution in [2.75, 3.05) is 13.1 Å². The van der Waals surface area contributed by atoms with Crippen LogP contribution in [0.1, 0.15) is 11.1 Å². The normalized spacial score (nSPS) is 10.1. The summed E-state index contributed by atoms with van der Waals surface area (Å²) in [4.78, 5) is 10.8. The zero-order valence-electron chi connectivity index (χ0n) is 10.9. The van der Waals surface area contributed by atoms with Crippen molar-refractivity contribution in [2.24, 2.45) is 5.29 Å². The Kier molecular flexibility index (Phi) is 5.11. The molecule has 0 radical (unpaired) electrons. The molecule has 0 heterocycles. The molecule has 19 heavy (non-hydrogen) atoms. The van der Waals surface area contributed by atoms with Gasteiger partial charge in [0, 0.05) is 13.1 Å². The maximum absolute atomic E-state index is 10.8. The van der Waals surface area contributed by atoms with Gasteiger partial charge in [0.15, 0.2) is 0 Å². The third-order valence-corrected chi connectivity index (χ3v) is 3.12. The molecule has 2 aromatic carbocycles. The van der Waals surface area contributed by atoms with Crippen molar-refractivity contribution in [1.29, 1.82) is 0 Å². The van der Waals surface area contributed by atoms with Crippen LogP contribution >= 0.6 is 0 Å². The Morgan fingerprint density at radius 3 is 1.53 bits per heavy atom. The smallest absolute Gasteiger partial charge is 0.0524 e. The first kappa shape index (κ1) is 13.3. The Hall–Kier alpha value is -2.16. The Balaban J connectivity index is 1.79. The van der Waals surface area contributed by atoms with Gasteiger partial charge in [0.2, 0.25) is 0 Å². The van der Waals surface area contributed by atoms with Gasteiger partial charge >= 0.3 is 0 Å². The van der Waals surface area contributed by atoms with E-state index >= 15 is 0 Å². The van der Waals surface area contributed by atoms with Crippen molar-refractivity contribution in [3.05, 3.63) is 76.7 Å². The Morgan fingerprint density at radius 2 is 1.16 bits per heavy atom. The number of hydrogen-bond donors (Lipinski definition) is 0. The summed E-state index contributed by atoms with van der Waals surface area (Å²) in [6.07, 6.45) is 1.70. The van der Waals surface area contributed by atoms with E-state index in [1.165, 1.54) is 11.1 Å². The van der Waals surface area contributed by atoms with Gasteiger partial charge in [-0.3, -0.25) is 5.01 Å². The molecule has 0 aromatic heterocycles. The summed E-state index contributed by atoms with van der Waals surface area (Å²) in [7, 11) is 0. The molecule has 0 amide bonds. The van der Waals surface area contributed by atoms with Crippen LogP contribution in [0.15, 0.2) is 65.9 Å². The highest BCUT2D eigenvalue weighted by molar-refractivity contribution is 5.16. The van der Waals surface area contributed by atoms with Crippen LogP contribution in [0.25, 0.3) is 0 Å². The molecule has 0 N–H and O–H groups in total. The minimum Gasteiger partial charge on any atom is -0.260 e. The van der Waals surface area contributed by atoms with E-state index in [1.807, 2.05) is 36.4 Å². The Morgan fingerprint density at radius 1 is 0.737 bits per heavy atom. The summed E-state index contributed by atoms with van der Waals surface area (Å²) < 4.78 is 0. The highest BCUT2D eigenvalue weighted by Crippen LogP contribution is 2.04. The average Bonchev–Trinajstić information content (AvgIpc) is 2.49. The molecule has 0 fully saturated rings. The van der Waals surface area contributed by atoms with E-state index in [9.17, 15) is 4.91 Å². The van der Waals surface area contributed by atoms with Crippen molar-refractivity contribution >= 4 is 0 Å². The molecule has 3 heteroatoms. The van der Waals surface area contributed by atoms with E-state index in [0.29, 0.717) is 13.1 Å². The van der Waals surface area contributed by atoms with E-state index in [1.54, 1.807) is 5.01 Å². The van der Waals surface area contributed by atoms with Crippen LogP contribution in [0, 0.1) is 4.91 Å². The molecule has 0 aliphatic heterocycles. The summed E-state index contributed by atoms with van der Waals surface area (Å²) in [5.41, 5.74) is 2.46. The molecule has 3 nitrogen and oxygen atoms in total. The lowest BCUT2D eigenvalue weighted by Gasteiger charge is -2.15. The minimum atomic E-state index is 0.667. The lowest BCUT2D eigenvalue weighted by molar-refractivity contribution is 0.291. The largest absolute Gasteiger partial charge is 0.260 e. The number of nitrogens with zero attached hydrogens (tertiary/aromatic N) is 2. The SMILES string of the molecule is O=NN(CCc1ccccc1)CCc1ccccc1. The molecule has 0 saturated heterocycles. The van der Waals surface area contributed by atoms with Crippen molar-refractivity contribution < 1.29 is 0 Å². The first-order chi connectivity index (χ1) is 9.38. The van der Waals surface area contributed by atoms with Crippen molar-refractivity contribution in [1.82, 2.24) is 5.01 Å². The van der Waals surface area contributed by atoms with Gasteiger partial charge in [0.1, 0.15) is 0 Å². The zero-order chi connectivity index (χ0) is 13.3. The van der Waals surface area contributed by atoms with E-state index in [4.69, 9.17) is 0 Å². The number of benzene rings is 2. The molecular weight excluding hydrogens is 236 g/mol. The van der Waals surface area contributed by atoms with Crippen LogP contribution in [0.3, 0.4) is 0 Å². The summed E-state index contributed by atoms with van der Waals surface area (Å²) in [6.45, 7) is 1.33. The van der Waals surface area contributed by atoms with E-state index < -0.39 is 0 Å². The van der Waals surface area contributed by atoms with Crippen molar-refractivity contribution in [3.8, 4) is 0 Å². The molecule has 0 unspecified atom stereocenters. The lowest BCUT2D eigenvalue weighted by Crippen LogP contribution is -2.22. The average molecular weight is 254 g/mol. The number of nitroso groups, excluding NO2 is 1. The summed E-state index contributed by atoms with van der Waals surface area (Å²) >= 11 is 0. The summed E-state index contributed by atoms with van der Waals surface area (Å²) in [5.74, 6) is 0. The molecule has 0 spiro atoms. The maximum Gasteiger partial charge on any atom is 0.0524 e. The molecule has 0 aliphatic rings. The van der Waals surface area contributed by atoms with Crippen LogP contribution in [0.5, 0.6) is 0 Å². The highest BCUT2D eigenvalue weighted by Gasteiger charge is 2.03. The fraction of sp³-hybridized carbons (Fsp3) is 0.250. The predicted molar refractivity (Wildman–Crippen MR) is 77.7 cm³/mol. The van der Waals surface area contributed by atoms with Gasteiger partial charge in [-0.05, 0) is 24.0 Å². The maximum atomic E-state index is 10.8. The molecule has 98 valence electrons. The van der Waals surface area contributed by atoms with Crippen LogP contribution in [-0.4, -0.2) is 18.1 Å². The molecule has 2 rings (SSSR count). The van der Waals surface area contributed by atoms with Crippen molar-refractivity contribution in [2.45, 2.75) is 12.8 Å². The molecule has 0 aliphatic carbocycles. The first-order valence-electron chi connectivity index (χ1n) is 6.54. The van der Waals surface area contributed by atoms with Gasteiger partial charge in [0.25, 0.3) is 0 Å². The lowest BCUT2D eigenvalue weighted by atomic mass is 10.1. The van der Waals surface area contributed by atoms with Gasteiger partial charge in [-0.1, -0.05) is 60.7 Å². The van der Waals surface area contributed by atoms with Gasteiger partial charge in [-0.15, -0.1) is 4.91 Å². The van der Waals surface area contributed by atoms with Gasteiger partial charge in [-0.25, -0.2) is 0 Å². The third kappa shape index (κ3) is 4.54. The summed E-state index contributed by atoms with van der Waals surface area (Å²) in [6, 6.07) is 20.3. The van der Waals surface area contributed by atoms with Crippen LogP contribution < -0.4 is 0 Å². The van der Waals surface area contributed by atoms with E-state index in [0.717, 1.165) is 12.8 Å². The molecule has 0 bridgehead atoms. The highest BCUT2D eigenvalue weighted by atomic mass is 16.3. The van der Waals surface area contributed by atoms with Crippen molar-refractivity contribution in [3.63, 3.8) is 0 Å². The number of hydrogen-bond acceptors (Lipinski definition) is 2. The summed E-state index contributed by atoms with van der Waals surface area (Å²) in [5, 5.41) is 4.70. The van der Waals surface area contributed by atoms with Crippen LogP contribution in [0.2, 0.25) is 0 Å². The monoisotopic (exact) mass is 254 g/mol. The fourth-order valence-electron chi connectivity index (χ4n) is 2.00. The molecule has 0 atom stereocenters. The topological polar surface area (TPSA) is 32.7 Å². The molecule has 0 saturated carbocycles. The Labute approximate surface area is 113 Å². The van der Waals surface area contributed by atoms with Gasteiger partial charge in [-0.2, -0.15) is 0 Å². The standard InChI is InChI=1S/C16H18N2O/c19-17-18(13-11-15-7-3-1-4-8-15)14-12-16-9-5-2-6-10-16/h1-10H,11-14H2. The van der Waals surface area contributed by atoms with Gasteiger partial charge < -0.3 is 0 Å².